The first-order valence-corrected chi connectivity index (χ1v) is 15.3. The zero-order valence-corrected chi connectivity index (χ0v) is 25.0. The minimum absolute atomic E-state index is 0.693. The number of nitrogens with zero attached hydrogens (tertiary/aromatic N) is 3. The van der Waals surface area contributed by atoms with E-state index in [1.54, 1.807) is 0 Å². The number of aryl methyl sites for hydroxylation is 1. The van der Waals surface area contributed by atoms with E-state index >= 15 is 0 Å². The highest BCUT2D eigenvalue weighted by Crippen LogP contribution is 2.48. The number of ether oxygens (including phenoxy) is 2. The van der Waals surface area contributed by atoms with E-state index in [1.165, 1.54) is 0 Å². The lowest BCUT2D eigenvalue weighted by atomic mass is 10.0. The number of aromatic nitrogens is 3. The molecule has 0 saturated carbocycles. The zero-order valence-electron chi connectivity index (χ0n) is 25.0. The Bertz CT molecular complexity index is 2370. The van der Waals surface area contributed by atoms with E-state index in [4.69, 9.17) is 19.4 Å². The van der Waals surface area contributed by atoms with Crippen molar-refractivity contribution in [1.29, 1.82) is 0 Å². The van der Waals surface area contributed by atoms with E-state index < -0.39 is 0 Å². The second-order valence-corrected chi connectivity index (χ2v) is 11.6. The van der Waals surface area contributed by atoms with Crippen molar-refractivity contribution in [1.82, 2.24) is 14.5 Å². The molecule has 0 saturated heterocycles. The summed E-state index contributed by atoms with van der Waals surface area (Å²) in [7, 11) is 0. The third-order valence-corrected chi connectivity index (χ3v) is 8.47. The molecule has 8 aromatic rings. The van der Waals surface area contributed by atoms with Crippen LogP contribution < -0.4 is 9.47 Å². The van der Waals surface area contributed by atoms with E-state index in [9.17, 15) is 0 Å². The summed E-state index contributed by atoms with van der Waals surface area (Å²) in [6.45, 7) is 2.13. The molecule has 0 spiro atoms. The van der Waals surface area contributed by atoms with E-state index in [0.717, 1.165) is 66.9 Å². The van der Waals surface area contributed by atoms with Gasteiger partial charge in [0, 0.05) is 39.2 Å². The number of rotatable bonds is 4. The van der Waals surface area contributed by atoms with Crippen LogP contribution in [0.4, 0.5) is 0 Å². The Labute approximate surface area is 266 Å². The molecule has 5 nitrogen and oxygen atoms in total. The molecule has 5 heteroatoms. The van der Waals surface area contributed by atoms with Gasteiger partial charge in [-0.05, 0) is 61.0 Å². The maximum Gasteiger partial charge on any atom is 0.172 e. The fourth-order valence-corrected chi connectivity index (χ4v) is 6.38. The molecule has 0 bridgehead atoms. The van der Waals surface area contributed by atoms with Crippen molar-refractivity contribution in [3.05, 3.63) is 151 Å². The highest BCUT2D eigenvalue weighted by molar-refractivity contribution is 6.10. The first-order chi connectivity index (χ1) is 22.7. The van der Waals surface area contributed by atoms with Gasteiger partial charge in [0.05, 0.1) is 22.4 Å². The molecular formula is C41H27N3O2. The Morgan fingerprint density at radius 3 is 1.80 bits per heavy atom. The Morgan fingerprint density at radius 2 is 1.07 bits per heavy atom. The van der Waals surface area contributed by atoms with E-state index in [2.05, 4.69) is 96.4 Å². The van der Waals surface area contributed by atoms with Crippen molar-refractivity contribution < 1.29 is 9.47 Å². The van der Waals surface area contributed by atoms with Gasteiger partial charge in [-0.2, -0.15) is 0 Å². The maximum absolute atomic E-state index is 6.34. The summed E-state index contributed by atoms with van der Waals surface area (Å²) >= 11 is 0. The Kier molecular flexibility index (Phi) is 5.96. The molecule has 9 rings (SSSR count). The largest absolute Gasteiger partial charge is 0.449 e. The molecule has 6 aromatic carbocycles. The van der Waals surface area contributed by atoms with Crippen LogP contribution in [-0.2, 0) is 0 Å². The van der Waals surface area contributed by atoms with Gasteiger partial charge in [-0.25, -0.2) is 9.97 Å². The number of para-hydroxylation sites is 3. The van der Waals surface area contributed by atoms with E-state index in [-0.39, 0.29) is 0 Å². The predicted octanol–water partition coefficient (Wildman–Crippen LogP) is 10.8. The van der Waals surface area contributed by atoms with Gasteiger partial charge in [0.15, 0.2) is 28.8 Å². The van der Waals surface area contributed by atoms with Crippen molar-refractivity contribution in [2.24, 2.45) is 0 Å². The SMILES string of the molecule is Cc1cc(-c2cc(-c3ccccc3)nc(-c3ccccc3)n2)cc(-n2c3ccccc3c3cc4c(cc32)Oc2ccccc2O4)c1. The zero-order chi connectivity index (χ0) is 30.6. The average molecular weight is 594 g/mol. The number of benzene rings is 6. The van der Waals surface area contributed by atoms with Crippen molar-refractivity contribution in [2.75, 3.05) is 0 Å². The first kappa shape index (κ1) is 26.2. The molecule has 0 fully saturated rings. The molecular weight excluding hydrogens is 566 g/mol. The Hall–Kier alpha value is -6.20. The van der Waals surface area contributed by atoms with Crippen molar-refractivity contribution in [3.8, 4) is 62.6 Å². The fourth-order valence-electron chi connectivity index (χ4n) is 6.38. The van der Waals surface area contributed by atoms with E-state index in [0.29, 0.717) is 23.1 Å². The van der Waals surface area contributed by atoms with Crippen LogP contribution in [0, 0.1) is 6.92 Å². The van der Waals surface area contributed by atoms with Gasteiger partial charge in [0.2, 0.25) is 0 Å². The van der Waals surface area contributed by atoms with Crippen LogP contribution in [0.15, 0.2) is 146 Å². The van der Waals surface area contributed by atoms with Crippen LogP contribution >= 0.6 is 0 Å². The summed E-state index contributed by atoms with van der Waals surface area (Å²) in [4.78, 5) is 10.1. The van der Waals surface area contributed by atoms with Gasteiger partial charge < -0.3 is 14.0 Å². The molecule has 46 heavy (non-hydrogen) atoms. The Balaban J connectivity index is 1.25. The highest BCUT2D eigenvalue weighted by Gasteiger charge is 2.23. The standard InChI is InChI=1S/C41H27N3O2/c1-26-20-29(34-24-33(27-12-4-2-5-13-27)42-41(43-34)28-14-6-3-7-15-28)22-30(21-26)44-35-17-9-8-16-31(35)32-23-39-40(25-36(32)44)46-38-19-11-10-18-37(38)45-39/h2-25H,1H3. The van der Waals surface area contributed by atoms with Gasteiger partial charge in [-0.15, -0.1) is 0 Å². The lowest BCUT2D eigenvalue weighted by molar-refractivity contribution is 0.360. The second-order valence-electron chi connectivity index (χ2n) is 11.6. The summed E-state index contributed by atoms with van der Waals surface area (Å²) in [6.07, 6.45) is 0. The molecule has 0 aliphatic carbocycles. The topological polar surface area (TPSA) is 49.2 Å². The van der Waals surface area contributed by atoms with E-state index in [1.807, 2.05) is 60.7 Å². The molecule has 0 amide bonds. The lowest BCUT2D eigenvalue weighted by Crippen LogP contribution is -2.00. The van der Waals surface area contributed by atoms with Gasteiger partial charge in [0.1, 0.15) is 0 Å². The van der Waals surface area contributed by atoms with Crippen LogP contribution in [0.2, 0.25) is 0 Å². The lowest BCUT2D eigenvalue weighted by Gasteiger charge is -2.21. The first-order valence-electron chi connectivity index (χ1n) is 15.3. The molecule has 2 aromatic heterocycles. The normalized spacial score (nSPS) is 11.9. The minimum Gasteiger partial charge on any atom is -0.449 e. The smallest absolute Gasteiger partial charge is 0.172 e. The quantitative estimate of drug-likeness (QED) is 0.204. The number of hydrogen-bond acceptors (Lipinski definition) is 4. The van der Waals surface area contributed by atoms with Crippen molar-refractivity contribution >= 4 is 21.8 Å². The molecule has 0 N–H and O–H groups in total. The van der Waals surface area contributed by atoms with Crippen molar-refractivity contribution in [3.63, 3.8) is 0 Å². The summed E-state index contributed by atoms with van der Waals surface area (Å²) in [5, 5.41) is 2.24. The van der Waals surface area contributed by atoms with Gasteiger partial charge in [0.25, 0.3) is 0 Å². The van der Waals surface area contributed by atoms with Crippen LogP contribution in [0.25, 0.3) is 61.4 Å². The van der Waals surface area contributed by atoms with Crippen LogP contribution in [-0.4, -0.2) is 14.5 Å². The maximum atomic E-state index is 6.34. The molecule has 3 heterocycles. The monoisotopic (exact) mass is 593 g/mol. The second kappa shape index (κ2) is 10.5. The van der Waals surface area contributed by atoms with Gasteiger partial charge in [-0.1, -0.05) is 91.0 Å². The number of fused-ring (bicyclic) bond motifs is 5. The molecule has 218 valence electrons. The fraction of sp³-hybridized carbons (Fsp3) is 0.0244. The third kappa shape index (κ3) is 4.41. The molecule has 1 aliphatic heterocycles. The Morgan fingerprint density at radius 1 is 0.457 bits per heavy atom. The van der Waals surface area contributed by atoms with Crippen LogP contribution in [0.3, 0.4) is 0 Å². The van der Waals surface area contributed by atoms with Gasteiger partial charge >= 0.3 is 0 Å². The average Bonchev–Trinajstić information content (AvgIpc) is 3.43. The summed E-state index contributed by atoms with van der Waals surface area (Å²) in [6, 6.07) is 49.6. The molecule has 0 atom stereocenters. The highest BCUT2D eigenvalue weighted by atomic mass is 16.6. The van der Waals surface area contributed by atoms with Crippen LogP contribution in [0.1, 0.15) is 5.56 Å². The summed E-state index contributed by atoms with van der Waals surface area (Å²) < 4.78 is 14.9. The molecule has 1 aliphatic rings. The van der Waals surface area contributed by atoms with Gasteiger partial charge in [-0.3, -0.25) is 0 Å². The van der Waals surface area contributed by atoms with Crippen LogP contribution in [0.5, 0.6) is 23.0 Å². The minimum atomic E-state index is 0.693. The number of hydrogen-bond donors (Lipinski definition) is 0. The summed E-state index contributed by atoms with van der Waals surface area (Å²) in [5.74, 6) is 3.53. The third-order valence-electron chi connectivity index (χ3n) is 8.47. The predicted molar refractivity (Wildman–Crippen MR) is 184 cm³/mol. The molecule has 0 unspecified atom stereocenters. The summed E-state index contributed by atoms with van der Waals surface area (Å²) in [5.41, 5.74) is 9.10. The van der Waals surface area contributed by atoms with Crippen molar-refractivity contribution in [2.45, 2.75) is 6.92 Å². The molecule has 0 radical (unpaired) electrons.